The molecule has 0 saturated carbocycles. The molecule has 2 aliphatic heterocycles. The Morgan fingerprint density at radius 3 is 2.10 bits per heavy atom. The van der Waals surface area contributed by atoms with Gasteiger partial charge in [-0.2, -0.15) is 0 Å². The van der Waals surface area contributed by atoms with E-state index in [1.54, 1.807) is 30.3 Å². The topological polar surface area (TPSA) is 238 Å². The Morgan fingerprint density at radius 1 is 0.875 bits per heavy atom. The zero-order valence-corrected chi connectivity index (χ0v) is 26.6. The van der Waals surface area contributed by atoms with Crippen LogP contribution in [0.3, 0.4) is 0 Å². The number of phenolic OH excluding ortho intramolecular Hbond substituents is 1. The predicted octanol–water partition coefficient (Wildman–Crippen LogP) is 0.0679. The van der Waals surface area contributed by atoms with E-state index in [4.69, 9.17) is 28.1 Å². The second-order valence-corrected chi connectivity index (χ2v) is 12.0. The molecule has 2 aromatic carbocycles. The first-order valence-corrected chi connectivity index (χ1v) is 15.2. The first-order valence-electron chi connectivity index (χ1n) is 15.2. The normalized spacial score (nSPS) is 30.6. The van der Waals surface area contributed by atoms with Gasteiger partial charge in [0.15, 0.2) is 5.76 Å². The quantitative estimate of drug-likeness (QED) is 0.140. The molecular formula is C33H40O15. The summed E-state index contributed by atoms with van der Waals surface area (Å²) >= 11 is 0. The Hall–Kier alpha value is -3.77. The van der Waals surface area contributed by atoms with Crippen LogP contribution >= 0.6 is 0 Å². The third kappa shape index (κ3) is 6.74. The fraction of sp³-hybridized carbons (Fsp3) is 0.485. The molecule has 0 spiro atoms. The zero-order valence-electron chi connectivity index (χ0n) is 26.6. The van der Waals surface area contributed by atoms with Crippen molar-refractivity contribution >= 4 is 11.0 Å². The smallest absolute Gasteiger partial charge is 0.239 e. The van der Waals surface area contributed by atoms with E-state index in [0.29, 0.717) is 11.3 Å². The van der Waals surface area contributed by atoms with Crippen molar-refractivity contribution in [3.63, 3.8) is 0 Å². The van der Waals surface area contributed by atoms with Gasteiger partial charge in [0.25, 0.3) is 0 Å². The number of allylic oxidation sites excluding steroid dienone is 2. The molecule has 1 aromatic heterocycles. The minimum absolute atomic E-state index is 0.0725. The highest BCUT2D eigenvalue weighted by molar-refractivity contribution is 5.91. The predicted molar refractivity (Wildman–Crippen MR) is 167 cm³/mol. The van der Waals surface area contributed by atoms with Gasteiger partial charge in [-0.25, -0.2) is 0 Å². The molecule has 3 heterocycles. The number of methoxy groups -OCH3 is 1. The maximum atomic E-state index is 14.3. The van der Waals surface area contributed by atoms with Crippen molar-refractivity contribution in [2.45, 2.75) is 88.6 Å². The lowest BCUT2D eigenvalue weighted by molar-refractivity contribution is -0.277. The summed E-state index contributed by atoms with van der Waals surface area (Å²) in [6.07, 6.45) is -13.7. The van der Waals surface area contributed by atoms with Crippen LogP contribution in [0, 0.1) is 0 Å². The Balaban J connectivity index is 1.71. The van der Waals surface area contributed by atoms with Crippen molar-refractivity contribution in [2.24, 2.45) is 0 Å². The van der Waals surface area contributed by atoms with Crippen molar-refractivity contribution < 1.29 is 69.0 Å². The van der Waals surface area contributed by atoms with Gasteiger partial charge in [0.05, 0.1) is 19.8 Å². The molecule has 0 amide bonds. The number of hydrogen-bond acceptors (Lipinski definition) is 15. The van der Waals surface area contributed by atoms with E-state index in [9.17, 15) is 45.6 Å². The lowest BCUT2D eigenvalue weighted by Crippen LogP contribution is -2.60. The lowest BCUT2D eigenvalue weighted by Gasteiger charge is -2.39. The number of fused-ring (bicyclic) bond motifs is 1. The maximum Gasteiger partial charge on any atom is 0.239 e. The van der Waals surface area contributed by atoms with E-state index >= 15 is 0 Å². The molecular weight excluding hydrogens is 636 g/mol. The minimum Gasteiger partial charge on any atom is -0.507 e. The molecule has 0 unspecified atom stereocenters. The number of phenols is 1. The highest BCUT2D eigenvalue weighted by Gasteiger charge is 2.46. The summed E-state index contributed by atoms with van der Waals surface area (Å²) in [4.78, 5) is 14.3. The third-order valence-electron chi connectivity index (χ3n) is 8.37. The minimum atomic E-state index is -1.77. The van der Waals surface area contributed by atoms with Crippen LogP contribution in [0.4, 0.5) is 0 Å². The summed E-state index contributed by atoms with van der Waals surface area (Å²) < 4.78 is 34.5. The Labute approximate surface area is 274 Å². The molecule has 48 heavy (non-hydrogen) atoms. The molecule has 2 saturated heterocycles. The fourth-order valence-corrected chi connectivity index (χ4v) is 5.52. The number of aromatic hydroxyl groups is 1. The van der Waals surface area contributed by atoms with Crippen molar-refractivity contribution in [2.75, 3.05) is 13.7 Å². The van der Waals surface area contributed by atoms with Crippen LogP contribution < -0.4 is 19.6 Å². The van der Waals surface area contributed by atoms with Gasteiger partial charge < -0.3 is 69.0 Å². The van der Waals surface area contributed by atoms with Gasteiger partial charge in [-0.05, 0) is 51.5 Å². The number of hydrogen-bond donors (Lipinski definition) is 8. The van der Waals surface area contributed by atoms with E-state index in [1.807, 2.05) is 13.8 Å². The standard InChI is InChI=1S/C33H40O15/c1-13(2)5-10-17-19(45-33-28(42)26(40)23(37)20(12-34)46-33)11-18(35)21-24(38)31(48-32-27(41)25(39)22(36)14(3)44-32)29(47-30(17)21)15-6-8-16(43-4)9-7-15/h5-9,11,14,20,22-23,25-28,32-37,39-42H,10,12H2,1-4H3/t14-,20-,22+,23-,25-,26+,27-,28-,32+,33+/m1/s1. The van der Waals surface area contributed by atoms with Crippen LogP contribution in [0.25, 0.3) is 22.3 Å². The van der Waals surface area contributed by atoms with Crippen LogP contribution in [0.5, 0.6) is 23.0 Å². The summed E-state index contributed by atoms with van der Waals surface area (Å²) in [6, 6.07) is 7.41. The first kappa shape index (κ1) is 35.5. The van der Waals surface area contributed by atoms with Gasteiger partial charge in [-0.3, -0.25) is 4.79 Å². The Morgan fingerprint density at radius 2 is 1.50 bits per heavy atom. The van der Waals surface area contributed by atoms with E-state index < -0.39 is 84.9 Å². The molecule has 5 rings (SSSR count). The molecule has 0 bridgehead atoms. The number of rotatable bonds is 9. The van der Waals surface area contributed by atoms with Gasteiger partial charge in [-0.1, -0.05) is 11.6 Å². The van der Waals surface area contributed by atoms with Crippen molar-refractivity contribution in [3.8, 4) is 34.3 Å². The van der Waals surface area contributed by atoms with Crippen LogP contribution in [-0.2, 0) is 15.9 Å². The second kappa shape index (κ2) is 14.4. The van der Waals surface area contributed by atoms with Gasteiger partial charge >= 0.3 is 0 Å². The number of aliphatic hydroxyl groups is 7. The average molecular weight is 677 g/mol. The number of ether oxygens (including phenoxy) is 5. The molecule has 3 aromatic rings. The first-order chi connectivity index (χ1) is 22.8. The molecule has 15 heteroatoms. The highest BCUT2D eigenvalue weighted by Crippen LogP contribution is 2.41. The van der Waals surface area contributed by atoms with Crippen molar-refractivity contribution in [3.05, 3.63) is 57.8 Å². The van der Waals surface area contributed by atoms with Crippen molar-refractivity contribution in [1.29, 1.82) is 0 Å². The number of benzene rings is 2. The molecule has 0 aliphatic carbocycles. The molecule has 2 aliphatic rings. The third-order valence-corrected chi connectivity index (χ3v) is 8.37. The Kier molecular flexibility index (Phi) is 10.6. The molecule has 10 atom stereocenters. The van der Waals surface area contributed by atoms with Crippen LogP contribution in [0.1, 0.15) is 26.3 Å². The Bertz CT molecular complexity index is 1680. The summed E-state index contributed by atoms with van der Waals surface area (Å²) in [6.45, 7) is 4.40. The largest absolute Gasteiger partial charge is 0.507 e. The summed E-state index contributed by atoms with van der Waals surface area (Å²) in [5, 5.41) is 82.9. The second-order valence-electron chi connectivity index (χ2n) is 12.0. The van der Waals surface area contributed by atoms with E-state index in [2.05, 4.69) is 0 Å². The molecule has 15 nitrogen and oxygen atoms in total. The van der Waals surface area contributed by atoms with E-state index in [1.165, 1.54) is 14.0 Å². The van der Waals surface area contributed by atoms with Gasteiger partial charge in [0.1, 0.15) is 70.9 Å². The maximum absolute atomic E-state index is 14.3. The zero-order chi connectivity index (χ0) is 35.0. The van der Waals surface area contributed by atoms with E-state index in [-0.39, 0.29) is 34.5 Å². The van der Waals surface area contributed by atoms with Gasteiger partial charge in [0.2, 0.25) is 23.8 Å². The summed E-state index contributed by atoms with van der Waals surface area (Å²) in [5.74, 6) is -0.922. The van der Waals surface area contributed by atoms with Gasteiger partial charge in [-0.15, -0.1) is 0 Å². The van der Waals surface area contributed by atoms with Crippen LogP contribution in [0.15, 0.2) is 51.2 Å². The van der Waals surface area contributed by atoms with E-state index in [0.717, 1.165) is 11.6 Å². The monoisotopic (exact) mass is 676 g/mol. The summed E-state index contributed by atoms with van der Waals surface area (Å²) in [5.41, 5.74) is 0.341. The summed E-state index contributed by atoms with van der Waals surface area (Å²) in [7, 11) is 1.47. The van der Waals surface area contributed by atoms with Crippen LogP contribution in [-0.4, -0.2) is 116 Å². The molecule has 8 N–H and O–H groups in total. The average Bonchev–Trinajstić information content (AvgIpc) is 3.06. The highest BCUT2D eigenvalue weighted by atomic mass is 16.7. The fourth-order valence-electron chi connectivity index (χ4n) is 5.52. The SMILES string of the molecule is COc1ccc(-c2oc3c(CC=C(C)C)c(O[C@H]4O[C@H](CO)[C@@H](O)[C@H](O)[C@H]4O)cc(O)c3c(=O)c2O[C@@H]2O[C@H](C)[C@H](O)[C@@H](O)[C@H]2O)cc1. The van der Waals surface area contributed by atoms with Gasteiger partial charge in [0, 0.05) is 17.2 Å². The van der Waals surface area contributed by atoms with Crippen LogP contribution in [0.2, 0.25) is 0 Å². The molecule has 262 valence electrons. The van der Waals surface area contributed by atoms with Crippen molar-refractivity contribution in [1.82, 2.24) is 0 Å². The lowest BCUT2D eigenvalue weighted by atomic mass is 9.99. The molecule has 0 radical (unpaired) electrons. The molecule has 2 fully saturated rings. The number of aliphatic hydroxyl groups excluding tert-OH is 7.